The van der Waals surface area contributed by atoms with E-state index < -0.39 is 12.5 Å². The lowest BCUT2D eigenvalue weighted by Crippen LogP contribution is -2.32. The summed E-state index contributed by atoms with van der Waals surface area (Å²) in [5.41, 5.74) is 0.510. The zero-order valence-corrected chi connectivity index (χ0v) is 17.6. The molecule has 0 aliphatic heterocycles. The second-order valence-electron chi connectivity index (χ2n) is 6.42. The van der Waals surface area contributed by atoms with Gasteiger partial charge in [0.05, 0.1) is 29.8 Å². The molecule has 0 spiro atoms. The molecular formula is C21H20ClF2N3O4. The van der Waals surface area contributed by atoms with Gasteiger partial charge < -0.3 is 18.8 Å². The molecule has 0 N–H and O–H groups in total. The number of hydrogen-bond acceptors (Lipinski definition) is 6. The Balaban J connectivity index is 1.88. The Morgan fingerprint density at radius 1 is 1.19 bits per heavy atom. The van der Waals surface area contributed by atoms with Crippen LogP contribution in [0.25, 0.3) is 11.5 Å². The number of halogens is 3. The lowest BCUT2D eigenvalue weighted by atomic mass is 10.1. The zero-order chi connectivity index (χ0) is 22.4. The van der Waals surface area contributed by atoms with Crippen molar-refractivity contribution in [2.45, 2.75) is 26.5 Å². The molecule has 0 aliphatic rings. The number of amides is 1. The SMILES string of the molecule is CCCN(Cc1nnc(-c2ccccc2Cl)o1)C(=O)c1cccc(OC)c1OC(F)F. The second kappa shape index (κ2) is 10.2. The molecule has 0 saturated heterocycles. The molecule has 0 radical (unpaired) electrons. The monoisotopic (exact) mass is 451 g/mol. The van der Waals surface area contributed by atoms with Gasteiger partial charge in [0.15, 0.2) is 11.5 Å². The Hall–Kier alpha value is -3.20. The highest BCUT2D eigenvalue weighted by molar-refractivity contribution is 6.33. The molecule has 1 amide bonds. The van der Waals surface area contributed by atoms with Crippen LogP contribution in [-0.4, -0.2) is 41.3 Å². The molecule has 3 aromatic rings. The van der Waals surface area contributed by atoms with Gasteiger partial charge in [0.2, 0.25) is 11.8 Å². The first-order chi connectivity index (χ1) is 14.9. The summed E-state index contributed by atoms with van der Waals surface area (Å²) in [5, 5.41) is 8.43. The van der Waals surface area contributed by atoms with Gasteiger partial charge in [0.25, 0.3) is 5.91 Å². The summed E-state index contributed by atoms with van der Waals surface area (Å²) in [6.45, 7) is -0.925. The number of hydrogen-bond donors (Lipinski definition) is 0. The van der Waals surface area contributed by atoms with Crippen molar-refractivity contribution in [3.63, 3.8) is 0 Å². The molecule has 1 aromatic heterocycles. The van der Waals surface area contributed by atoms with Gasteiger partial charge in [-0.1, -0.05) is 36.7 Å². The van der Waals surface area contributed by atoms with Crippen LogP contribution in [0.4, 0.5) is 8.78 Å². The highest BCUT2D eigenvalue weighted by Gasteiger charge is 2.25. The predicted molar refractivity (Wildman–Crippen MR) is 109 cm³/mol. The van der Waals surface area contributed by atoms with Gasteiger partial charge in [-0.2, -0.15) is 8.78 Å². The van der Waals surface area contributed by atoms with Crippen LogP contribution in [0.2, 0.25) is 5.02 Å². The fourth-order valence-corrected chi connectivity index (χ4v) is 3.19. The Morgan fingerprint density at radius 3 is 2.65 bits per heavy atom. The molecule has 10 heteroatoms. The number of carbonyl (C=O) groups excluding carboxylic acids is 1. The average Bonchev–Trinajstić information content (AvgIpc) is 3.21. The lowest BCUT2D eigenvalue weighted by molar-refractivity contribution is -0.0516. The molecule has 0 bridgehead atoms. The third kappa shape index (κ3) is 5.29. The van der Waals surface area contributed by atoms with E-state index >= 15 is 0 Å². The van der Waals surface area contributed by atoms with Gasteiger partial charge in [0.1, 0.15) is 0 Å². The van der Waals surface area contributed by atoms with E-state index in [1.807, 2.05) is 6.92 Å². The molecule has 31 heavy (non-hydrogen) atoms. The van der Waals surface area contributed by atoms with E-state index in [4.69, 9.17) is 20.8 Å². The number of para-hydroxylation sites is 1. The van der Waals surface area contributed by atoms with Crippen LogP contribution in [0.5, 0.6) is 11.5 Å². The van der Waals surface area contributed by atoms with Crippen LogP contribution >= 0.6 is 11.6 Å². The molecule has 1 heterocycles. The van der Waals surface area contributed by atoms with Crippen LogP contribution in [0.1, 0.15) is 29.6 Å². The molecule has 164 valence electrons. The molecule has 0 saturated carbocycles. The van der Waals surface area contributed by atoms with Gasteiger partial charge in [0, 0.05) is 6.54 Å². The van der Waals surface area contributed by atoms with Crippen molar-refractivity contribution in [2.24, 2.45) is 0 Å². The van der Waals surface area contributed by atoms with E-state index in [-0.39, 0.29) is 35.4 Å². The maximum absolute atomic E-state index is 13.2. The van der Waals surface area contributed by atoms with Gasteiger partial charge in [-0.15, -0.1) is 10.2 Å². The lowest BCUT2D eigenvalue weighted by Gasteiger charge is -2.22. The standard InChI is InChI=1S/C21H20ClF2N3O4/c1-3-11-27(12-17-25-26-19(30-17)13-7-4-5-9-15(13)22)20(28)14-8-6-10-16(29-2)18(14)31-21(23)24/h4-10,21H,3,11-12H2,1-2H3. The molecule has 0 atom stereocenters. The topological polar surface area (TPSA) is 77.7 Å². The normalized spacial score (nSPS) is 10.9. The largest absolute Gasteiger partial charge is 0.493 e. The summed E-state index contributed by atoms with van der Waals surface area (Å²) < 4.78 is 41.2. The summed E-state index contributed by atoms with van der Waals surface area (Å²) >= 11 is 6.16. The van der Waals surface area contributed by atoms with Crippen LogP contribution in [0.3, 0.4) is 0 Å². The molecule has 0 aliphatic carbocycles. The minimum absolute atomic E-state index is 0.0184. The van der Waals surface area contributed by atoms with E-state index in [0.717, 1.165) is 0 Å². The Bertz CT molecular complexity index is 1040. The summed E-state index contributed by atoms with van der Waals surface area (Å²) in [6, 6.07) is 11.3. The number of aromatic nitrogens is 2. The summed E-state index contributed by atoms with van der Waals surface area (Å²) in [4.78, 5) is 14.6. The quantitative estimate of drug-likeness (QED) is 0.453. The molecule has 3 rings (SSSR count). The minimum atomic E-state index is -3.11. The number of nitrogens with zero attached hydrogens (tertiary/aromatic N) is 3. The summed E-state index contributed by atoms with van der Waals surface area (Å²) in [6.07, 6.45) is 0.617. The average molecular weight is 452 g/mol. The van der Waals surface area contributed by atoms with Crippen molar-refractivity contribution >= 4 is 17.5 Å². The Kier molecular flexibility index (Phi) is 7.41. The van der Waals surface area contributed by atoms with E-state index in [2.05, 4.69) is 14.9 Å². The maximum Gasteiger partial charge on any atom is 0.387 e. The van der Waals surface area contributed by atoms with Crippen molar-refractivity contribution in [1.29, 1.82) is 0 Å². The van der Waals surface area contributed by atoms with E-state index in [9.17, 15) is 13.6 Å². The smallest absolute Gasteiger partial charge is 0.387 e. The fraction of sp³-hybridized carbons (Fsp3) is 0.286. The van der Waals surface area contributed by atoms with Gasteiger partial charge in [-0.3, -0.25) is 4.79 Å². The van der Waals surface area contributed by atoms with E-state index in [1.165, 1.54) is 30.2 Å². The molecule has 0 unspecified atom stereocenters. The number of benzene rings is 2. The zero-order valence-electron chi connectivity index (χ0n) is 16.8. The Labute approximate surface area is 182 Å². The number of alkyl halides is 2. The summed E-state index contributed by atoms with van der Waals surface area (Å²) in [5.74, 6) is -0.438. The maximum atomic E-state index is 13.2. The van der Waals surface area contributed by atoms with E-state index in [1.54, 1.807) is 24.3 Å². The van der Waals surface area contributed by atoms with Crippen molar-refractivity contribution in [1.82, 2.24) is 15.1 Å². The molecule has 2 aromatic carbocycles. The highest BCUT2D eigenvalue weighted by Crippen LogP contribution is 2.34. The first-order valence-electron chi connectivity index (χ1n) is 9.43. The molecule has 7 nitrogen and oxygen atoms in total. The van der Waals surface area contributed by atoms with Crippen LogP contribution in [0.15, 0.2) is 46.9 Å². The highest BCUT2D eigenvalue weighted by atomic mass is 35.5. The first kappa shape index (κ1) is 22.5. The fourth-order valence-electron chi connectivity index (χ4n) is 2.97. The minimum Gasteiger partial charge on any atom is -0.493 e. The number of ether oxygens (including phenoxy) is 2. The molecule has 0 fully saturated rings. The second-order valence-corrected chi connectivity index (χ2v) is 6.83. The number of methoxy groups -OCH3 is 1. The third-order valence-electron chi connectivity index (χ3n) is 4.31. The number of rotatable bonds is 9. The van der Waals surface area contributed by atoms with Crippen LogP contribution < -0.4 is 9.47 Å². The van der Waals surface area contributed by atoms with Crippen molar-refractivity contribution < 1.29 is 27.5 Å². The van der Waals surface area contributed by atoms with Crippen molar-refractivity contribution in [3.05, 3.63) is 58.9 Å². The van der Waals surface area contributed by atoms with Gasteiger partial charge in [-0.05, 0) is 30.7 Å². The Morgan fingerprint density at radius 2 is 1.97 bits per heavy atom. The van der Waals surface area contributed by atoms with Gasteiger partial charge in [-0.25, -0.2) is 0 Å². The summed E-state index contributed by atoms with van der Waals surface area (Å²) in [7, 11) is 1.31. The van der Waals surface area contributed by atoms with Gasteiger partial charge >= 0.3 is 6.61 Å². The van der Waals surface area contributed by atoms with Crippen LogP contribution in [0, 0.1) is 0 Å². The third-order valence-corrected chi connectivity index (χ3v) is 4.64. The van der Waals surface area contributed by atoms with E-state index in [0.29, 0.717) is 23.6 Å². The van der Waals surface area contributed by atoms with Crippen molar-refractivity contribution in [2.75, 3.05) is 13.7 Å². The number of carbonyl (C=O) groups is 1. The molecular weight excluding hydrogens is 432 g/mol. The first-order valence-corrected chi connectivity index (χ1v) is 9.80. The van der Waals surface area contributed by atoms with Crippen molar-refractivity contribution in [3.8, 4) is 23.0 Å². The van der Waals surface area contributed by atoms with Crippen LogP contribution in [-0.2, 0) is 6.54 Å². The predicted octanol–water partition coefficient (Wildman–Crippen LogP) is 5.05.